The Labute approximate surface area is 151 Å². The van der Waals surface area contributed by atoms with Crippen molar-refractivity contribution in [2.45, 2.75) is 97.8 Å². The number of unbranched alkanes of at least 4 members (excludes halogenated alkanes) is 9. The highest BCUT2D eigenvalue weighted by Crippen LogP contribution is 2.08. The summed E-state index contributed by atoms with van der Waals surface area (Å²) in [5, 5.41) is 7.50. The van der Waals surface area contributed by atoms with E-state index in [1.807, 2.05) is 0 Å². The molecular weight excluding hydrogens is 302 g/mol. The highest BCUT2D eigenvalue weighted by molar-refractivity contribution is 5.56. The maximum atomic E-state index is 9.15. The summed E-state index contributed by atoms with van der Waals surface area (Å²) < 4.78 is 3.67. The standard InChI is InChI=1S/C18H39N.C2H4O3/c1-4-7-10-13-16-19(17-14-11-8-5-2)18-15-12-9-6-3;1-5-2(3)4/h4-18H2,1-3H3;1H3,(H,3,4). The molecule has 0 aliphatic rings. The van der Waals surface area contributed by atoms with E-state index >= 15 is 0 Å². The van der Waals surface area contributed by atoms with Crippen LogP contribution in [0.2, 0.25) is 0 Å². The first-order valence-electron chi connectivity index (χ1n) is 10.1. The second kappa shape index (κ2) is 22.2. The monoisotopic (exact) mass is 345 g/mol. The molecule has 0 spiro atoms. The molecule has 0 saturated heterocycles. The van der Waals surface area contributed by atoms with Gasteiger partial charge in [0, 0.05) is 0 Å². The second-order valence-electron chi connectivity index (χ2n) is 6.49. The summed E-state index contributed by atoms with van der Waals surface area (Å²) in [4.78, 5) is 11.9. The van der Waals surface area contributed by atoms with Crippen molar-refractivity contribution in [3.05, 3.63) is 0 Å². The predicted molar refractivity (Wildman–Crippen MR) is 104 cm³/mol. The first kappa shape index (κ1) is 25.5. The number of carboxylic acid groups (broad SMARTS) is 1. The Hall–Kier alpha value is -0.770. The number of nitrogens with zero attached hydrogens (tertiary/aromatic N) is 1. The summed E-state index contributed by atoms with van der Waals surface area (Å²) in [6.07, 6.45) is 15.6. The highest BCUT2D eigenvalue weighted by Gasteiger charge is 2.04. The molecule has 4 nitrogen and oxygen atoms in total. The van der Waals surface area contributed by atoms with E-state index in [2.05, 4.69) is 30.4 Å². The predicted octanol–water partition coefficient (Wildman–Crippen LogP) is 6.34. The van der Waals surface area contributed by atoms with E-state index in [-0.39, 0.29) is 0 Å². The zero-order valence-electron chi connectivity index (χ0n) is 16.8. The molecule has 0 bridgehead atoms. The molecule has 0 saturated carbocycles. The number of hydrogen-bond donors (Lipinski definition) is 1. The molecule has 0 aliphatic heterocycles. The zero-order chi connectivity index (χ0) is 18.5. The third kappa shape index (κ3) is 23.5. The van der Waals surface area contributed by atoms with Gasteiger partial charge in [0.1, 0.15) is 0 Å². The average Bonchev–Trinajstić information content (AvgIpc) is 2.59. The van der Waals surface area contributed by atoms with Gasteiger partial charge in [-0.3, -0.25) is 0 Å². The molecule has 0 radical (unpaired) electrons. The van der Waals surface area contributed by atoms with Crippen molar-refractivity contribution in [3.63, 3.8) is 0 Å². The number of carbonyl (C=O) groups is 1. The van der Waals surface area contributed by atoms with Crippen molar-refractivity contribution in [2.24, 2.45) is 0 Å². The van der Waals surface area contributed by atoms with Crippen LogP contribution in [0.25, 0.3) is 0 Å². The summed E-state index contributed by atoms with van der Waals surface area (Å²) in [5.74, 6) is 0. The van der Waals surface area contributed by atoms with Gasteiger partial charge in [0.15, 0.2) is 0 Å². The van der Waals surface area contributed by atoms with E-state index in [4.69, 9.17) is 9.90 Å². The molecule has 0 heterocycles. The van der Waals surface area contributed by atoms with Crippen LogP contribution >= 0.6 is 0 Å². The van der Waals surface area contributed by atoms with Crippen molar-refractivity contribution >= 4 is 6.16 Å². The van der Waals surface area contributed by atoms with Crippen LogP contribution in [-0.2, 0) is 4.74 Å². The summed E-state index contributed by atoms with van der Waals surface area (Å²) in [5.41, 5.74) is 0. The fraction of sp³-hybridized carbons (Fsp3) is 0.950. The van der Waals surface area contributed by atoms with E-state index in [0.717, 1.165) is 7.11 Å². The second-order valence-corrected chi connectivity index (χ2v) is 6.49. The van der Waals surface area contributed by atoms with Gasteiger partial charge >= 0.3 is 6.16 Å². The fourth-order valence-electron chi connectivity index (χ4n) is 2.62. The van der Waals surface area contributed by atoms with Gasteiger partial charge in [-0.25, -0.2) is 4.79 Å². The van der Waals surface area contributed by atoms with Crippen molar-refractivity contribution in [3.8, 4) is 0 Å². The Morgan fingerprint density at radius 1 is 0.708 bits per heavy atom. The van der Waals surface area contributed by atoms with Crippen LogP contribution in [0.3, 0.4) is 0 Å². The topological polar surface area (TPSA) is 49.8 Å². The third-order valence-electron chi connectivity index (χ3n) is 4.16. The van der Waals surface area contributed by atoms with E-state index in [1.165, 1.54) is 96.7 Å². The summed E-state index contributed by atoms with van der Waals surface area (Å²) in [6.45, 7) is 10.9. The Bertz CT molecular complexity index is 219. The summed E-state index contributed by atoms with van der Waals surface area (Å²) in [7, 11) is 1.10. The number of hydrogen-bond acceptors (Lipinski definition) is 3. The molecule has 4 heteroatoms. The molecular formula is C20H43NO3. The molecule has 0 amide bonds. The van der Waals surface area contributed by atoms with Gasteiger partial charge in [0.2, 0.25) is 0 Å². The Balaban J connectivity index is 0. The van der Waals surface area contributed by atoms with Crippen LogP contribution in [0.1, 0.15) is 97.8 Å². The van der Waals surface area contributed by atoms with E-state index in [1.54, 1.807) is 0 Å². The number of ether oxygens (including phenoxy) is 1. The van der Waals surface area contributed by atoms with Crippen molar-refractivity contribution in [1.82, 2.24) is 4.90 Å². The van der Waals surface area contributed by atoms with Gasteiger partial charge in [-0.15, -0.1) is 0 Å². The lowest BCUT2D eigenvalue weighted by molar-refractivity contribution is 0.114. The largest absolute Gasteiger partial charge is 0.505 e. The lowest BCUT2D eigenvalue weighted by Crippen LogP contribution is -2.27. The van der Waals surface area contributed by atoms with Crippen molar-refractivity contribution in [2.75, 3.05) is 26.7 Å². The Kier molecular flexibility index (Phi) is 23.6. The normalized spacial score (nSPS) is 10.4. The zero-order valence-corrected chi connectivity index (χ0v) is 16.8. The average molecular weight is 346 g/mol. The van der Waals surface area contributed by atoms with Crippen LogP contribution in [0.15, 0.2) is 0 Å². The molecule has 146 valence electrons. The quantitative estimate of drug-likeness (QED) is 0.278. The summed E-state index contributed by atoms with van der Waals surface area (Å²) in [6, 6.07) is 0. The lowest BCUT2D eigenvalue weighted by Gasteiger charge is -2.22. The molecule has 0 fully saturated rings. The van der Waals surface area contributed by atoms with E-state index in [9.17, 15) is 0 Å². The Morgan fingerprint density at radius 3 is 1.21 bits per heavy atom. The molecule has 0 aliphatic carbocycles. The smallest absolute Gasteiger partial charge is 0.450 e. The van der Waals surface area contributed by atoms with Gasteiger partial charge in [-0.05, 0) is 38.9 Å². The summed E-state index contributed by atoms with van der Waals surface area (Å²) >= 11 is 0. The van der Waals surface area contributed by atoms with E-state index < -0.39 is 6.16 Å². The molecule has 0 unspecified atom stereocenters. The maximum Gasteiger partial charge on any atom is 0.505 e. The Morgan fingerprint density at radius 2 is 1.00 bits per heavy atom. The SMILES string of the molecule is CCCCCCN(CCCCCC)CCCCCC.COC(=O)O. The molecule has 0 aromatic rings. The van der Waals surface area contributed by atoms with Crippen LogP contribution in [0, 0.1) is 0 Å². The van der Waals surface area contributed by atoms with Crippen molar-refractivity contribution < 1.29 is 14.6 Å². The molecule has 1 N–H and O–H groups in total. The molecule has 0 rings (SSSR count). The van der Waals surface area contributed by atoms with Gasteiger partial charge in [0.05, 0.1) is 7.11 Å². The van der Waals surface area contributed by atoms with Crippen molar-refractivity contribution in [1.29, 1.82) is 0 Å². The van der Waals surface area contributed by atoms with Gasteiger partial charge < -0.3 is 14.7 Å². The van der Waals surface area contributed by atoms with Crippen LogP contribution in [0.4, 0.5) is 4.79 Å². The number of rotatable bonds is 15. The van der Waals surface area contributed by atoms with Crippen LogP contribution in [-0.4, -0.2) is 42.9 Å². The molecule has 24 heavy (non-hydrogen) atoms. The third-order valence-corrected chi connectivity index (χ3v) is 4.16. The van der Waals surface area contributed by atoms with Gasteiger partial charge in [0.25, 0.3) is 0 Å². The molecule has 0 atom stereocenters. The van der Waals surface area contributed by atoms with Crippen LogP contribution in [0.5, 0.6) is 0 Å². The minimum absolute atomic E-state index is 1.10. The highest BCUT2D eigenvalue weighted by atomic mass is 16.6. The minimum Gasteiger partial charge on any atom is -0.450 e. The number of methoxy groups -OCH3 is 1. The first-order valence-corrected chi connectivity index (χ1v) is 10.1. The first-order chi connectivity index (χ1) is 11.6. The lowest BCUT2D eigenvalue weighted by atomic mass is 10.1. The fourth-order valence-corrected chi connectivity index (χ4v) is 2.62. The van der Waals surface area contributed by atoms with Gasteiger partial charge in [-0.1, -0.05) is 78.6 Å². The molecule has 0 aromatic heterocycles. The van der Waals surface area contributed by atoms with E-state index in [0.29, 0.717) is 0 Å². The molecule has 0 aromatic carbocycles. The maximum absolute atomic E-state index is 9.15. The van der Waals surface area contributed by atoms with Crippen LogP contribution < -0.4 is 0 Å². The van der Waals surface area contributed by atoms with Gasteiger partial charge in [-0.2, -0.15) is 0 Å². The minimum atomic E-state index is -1.25.